The van der Waals surface area contributed by atoms with Gasteiger partial charge in [-0.3, -0.25) is 0 Å². The van der Waals surface area contributed by atoms with E-state index in [0.717, 1.165) is 6.42 Å². The molecule has 0 aromatic heterocycles. The molecule has 1 aromatic rings. The molecule has 3 N–H and O–H groups in total. The number of rotatable bonds is 8. The van der Waals surface area contributed by atoms with Gasteiger partial charge in [0.2, 0.25) is 10.0 Å². The van der Waals surface area contributed by atoms with Crippen molar-refractivity contribution in [2.75, 3.05) is 24.6 Å². The molecule has 0 amide bonds. The fourth-order valence-corrected chi connectivity index (χ4v) is 2.28. The quantitative estimate of drug-likeness (QED) is 0.711. The average Bonchev–Trinajstić information content (AvgIpc) is 2.30. The maximum atomic E-state index is 11.6. The number of nitrogens with one attached hydrogen (secondary N) is 1. The lowest BCUT2D eigenvalue weighted by atomic mass is 10.1. The summed E-state index contributed by atoms with van der Waals surface area (Å²) in [7, 11) is -3.26. The molecule has 0 aliphatic heterocycles. The Bertz CT molecular complexity index is 469. The van der Waals surface area contributed by atoms with Gasteiger partial charge in [-0.1, -0.05) is 13.8 Å². The fourth-order valence-electron chi connectivity index (χ4n) is 1.41. The van der Waals surface area contributed by atoms with Crippen LogP contribution in [-0.4, -0.2) is 27.3 Å². The Hall–Kier alpha value is -1.27. The van der Waals surface area contributed by atoms with Crippen molar-refractivity contribution in [2.24, 2.45) is 5.92 Å². The number of nitrogen functional groups attached to an aromatic ring is 1. The number of hydrogen-bond donors (Lipinski definition) is 2. The topological polar surface area (TPSA) is 81.4 Å². The Balaban J connectivity index is 2.29. The van der Waals surface area contributed by atoms with Crippen molar-refractivity contribution in [3.05, 3.63) is 24.3 Å². The Morgan fingerprint density at radius 3 is 2.47 bits per heavy atom. The molecule has 0 bridgehead atoms. The Labute approximate surface area is 115 Å². The summed E-state index contributed by atoms with van der Waals surface area (Å²) in [6, 6.07) is 6.86. The van der Waals surface area contributed by atoms with Crippen molar-refractivity contribution in [3.63, 3.8) is 0 Å². The number of ether oxygens (including phenoxy) is 1. The molecule has 0 aliphatic carbocycles. The molecule has 0 fully saturated rings. The van der Waals surface area contributed by atoms with E-state index in [1.807, 2.05) is 0 Å². The molecule has 0 unspecified atom stereocenters. The summed E-state index contributed by atoms with van der Waals surface area (Å²) in [4.78, 5) is 0. The van der Waals surface area contributed by atoms with Crippen molar-refractivity contribution in [2.45, 2.75) is 20.3 Å². The van der Waals surface area contributed by atoms with Gasteiger partial charge in [0.15, 0.2) is 0 Å². The average molecular weight is 286 g/mol. The van der Waals surface area contributed by atoms with Gasteiger partial charge in [0, 0.05) is 12.2 Å². The van der Waals surface area contributed by atoms with Crippen molar-refractivity contribution >= 4 is 15.7 Å². The predicted octanol–water partition coefficient (Wildman–Crippen LogP) is 1.61. The second-order valence-electron chi connectivity index (χ2n) is 4.81. The van der Waals surface area contributed by atoms with Crippen molar-refractivity contribution in [1.29, 1.82) is 0 Å². The number of benzene rings is 1. The van der Waals surface area contributed by atoms with E-state index in [1.54, 1.807) is 24.3 Å². The molecule has 6 heteroatoms. The molecular weight excluding hydrogens is 264 g/mol. The lowest BCUT2D eigenvalue weighted by Gasteiger charge is -2.09. The van der Waals surface area contributed by atoms with Gasteiger partial charge in [-0.05, 0) is 36.6 Å². The van der Waals surface area contributed by atoms with E-state index in [1.165, 1.54) is 0 Å². The first-order valence-electron chi connectivity index (χ1n) is 6.35. The summed E-state index contributed by atoms with van der Waals surface area (Å²) < 4.78 is 31.2. The van der Waals surface area contributed by atoms with Crippen LogP contribution in [0.5, 0.6) is 5.75 Å². The molecule has 0 saturated carbocycles. The van der Waals surface area contributed by atoms with Crippen LogP contribution < -0.4 is 15.2 Å². The van der Waals surface area contributed by atoms with Crippen LogP contribution >= 0.6 is 0 Å². The van der Waals surface area contributed by atoms with Crippen LogP contribution in [0.4, 0.5) is 5.69 Å². The summed E-state index contributed by atoms with van der Waals surface area (Å²) >= 11 is 0. The minimum Gasteiger partial charge on any atom is -0.492 e. The summed E-state index contributed by atoms with van der Waals surface area (Å²) in [6.45, 7) is 4.71. The fraction of sp³-hybridized carbons (Fsp3) is 0.538. The summed E-state index contributed by atoms with van der Waals surface area (Å²) in [5.41, 5.74) is 6.19. The standard InChI is InChI=1S/C13H22N2O3S/c1-11(2)7-8-15-19(16,17)10-9-18-13-5-3-12(14)4-6-13/h3-6,11,15H,7-10,14H2,1-2H3. The minimum absolute atomic E-state index is 0.0462. The number of sulfonamides is 1. The molecule has 0 atom stereocenters. The van der Waals surface area contributed by atoms with E-state index >= 15 is 0 Å². The predicted molar refractivity (Wildman–Crippen MR) is 77.6 cm³/mol. The third kappa shape index (κ3) is 7.03. The highest BCUT2D eigenvalue weighted by Crippen LogP contribution is 2.12. The monoisotopic (exact) mass is 286 g/mol. The summed E-state index contributed by atoms with van der Waals surface area (Å²) in [6.07, 6.45) is 0.831. The zero-order chi connectivity index (χ0) is 14.3. The Morgan fingerprint density at radius 1 is 1.26 bits per heavy atom. The maximum absolute atomic E-state index is 11.6. The molecule has 0 spiro atoms. The summed E-state index contributed by atoms with van der Waals surface area (Å²) in [5.74, 6) is 1.05. The molecule has 108 valence electrons. The zero-order valence-electron chi connectivity index (χ0n) is 11.4. The third-order valence-corrected chi connectivity index (χ3v) is 3.89. The van der Waals surface area contributed by atoms with E-state index in [-0.39, 0.29) is 12.4 Å². The highest BCUT2D eigenvalue weighted by atomic mass is 32.2. The third-order valence-electron chi connectivity index (χ3n) is 2.54. The Morgan fingerprint density at radius 2 is 1.89 bits per heavy atom. The van der Waals surface area contributed by atoms with Crippen LogP contribution in [0.1, 0.15) is 20.3 Å². The van der Waals surface area contributed by atoms with Gasteiger partial charge in [0.25, 0.3) is 0 Å². The molecular formula is C13H22N2O3S. The molecule has 0 heterocycles. The molecule has 0 saturated heterocycles. The van der Waals surface area contributed by atoms with Gasteiger partial charge in [0.1, 0.15) is 12.4 Å². The van der Waals surface area contributed by atoms with Crippen molar-refractivity contribution in [1.82, 2.24) is 4.72 Å². The van der Waals surface area contributed by atoms with Crippen LogP contribution in [0.25, 0.3) is 0 Å². The van der Waals surface area contributed by atoms with E-state index in [0.29, 0.717) is 23.9 Å². The minimum atomic E-state index is -3.26. The van der Waals surface area contributed by atoms with Gasteiger partial charge < -0.3 is 10.5 Å². The largest absolute Gasteiger partial charge is 0.492 e. The van der Waals surface area contributed by atoms with Gasteiger partial charge in [-0.2, -0.15) is 0 Å². The highest BCUT2D eigenvalue weighted by molar-refractivity contribution is 7.89. The number of hydrogen-bond acceptors (Lipinski definition) is 4. The van der Waals surface area contributed by atoms with Crippen molar-refractivity contribution < 1.29 is 13.2 Å². The first-order valence-corrected chi connectivity index (χ1v) is 8.00. The molecule has 19 heavy (non-hydrogen) atoms. The van der Waals surface area contributed by atoms with Crippen molar-refractivity contribution in [3.8, 4) is 5.75 Å². The summed E-state index contributed by atoms with van der Waals surface area (Å²) in [5, 5.41) is 0. The smallest absolute Gasteiger partial charge is 0.214 e. The molecule has 1 rings (SSSR count). The lowest BCUT2D eigenvalue weighted by molar-refractivity contribution is 0.340. The van der Waals surface area contributed by atoms with Crippen LogP contribution in [-0.2, 0) is 10.0 Å². The van der Waals surface area contributed by atoms with Gasteiger partial charge in [-0.25, -0.2) is 13.1 Å². The zero-order valence-corrected chi connectivity index (χ0v) is 12.2. The van der Waals surface area contributed by atoms with Crippen LogP contribution in [0.3, 0.4) is 0 Å². The van der Waals surface area contributed by atoms with Crippen LogP contribution in [0.2, 0.25) is 0 Å². The number of nitrogens with two attached hydrogens (primary N) is 1. The van der Waals surface area contributed by atoms with Gasteiger partial charge >= 0.3 is 0 Å². The van der Waals surface area contributed by atoms with E-state index in [2.05, 4.69) is 18.6 Å². The molecule has 0 radical (unpaired) electrons. The molecule has 1 aromatic carbocycles. The highest BCUT2D eigenvalue weighted by Gasteiger charge is 2.10. The Kier molecular flexibility index (Phi) is 6.11. The van der Waals surface area contributed by atoms with E-state index in [9.17, 15) is 8.42 Å². The molecule has 5 nitrogen and oxygen atoms in total. The number of anilines is 1. The SMILES string of the molecule is CC(C)CCNS(=O)(=O)CCOc1ccc(N)cc1. The lowest BCUT2D eigenvalue weighted by Crippen LogP contribution is -2.30. The van der Waals surface area contributed by atoms with E-state index in [4.69, 9.17) is 10.5 Å². The van der Waals surface area contributed by atoms with Crippen LogP contribution in [0, 0.1) is 5.92 Å². The van der Waals surface area contributed by atoms with Gasteiger partial charge in [-0.15, -0.1) is 0 Å². The molecule has 0 aliphatic rings. The first kappa shape index (κ1) is 15.8. The second kappa shape index (κ2) is 7.35. The normalized spacial score (nSPS) is 11.7. The van der Waals surface area contributed by atoms with E-state index < -0.39 is 10.0 Å². The second-order valence-corrected chi connectivity index (χ2v) is 6.74. The first-order chi connectivity index (χ1) is 8.89. The van der Waals surface area contributed by atoms with Crippen LogP contribution in [0.15, 0.2) is 24.3 Å². The van der Waals surface area contributed by atoms with Gasteiger partial charge in [0.05, 0.1) is 5.75 Å². The maximum Gasteiger partial charge on any atom is 0.214 e.